The van der Waals surface area contributed by atoms with E-state index in [1.165, 1.54) is 4.90 Å². The molecule has 0 aliphatic heterocycles. The summed E-state index contributed by atoms with van der Waals surface area (Å²) in [5.74, 6) is -6.21. The molecule has 1 aliphatic carbocycles. The molecule has 1 saturated carbocycles. The molecule has 0 heterocycles. The van der Waals surface area contributed by atoms with Gasteiger partial charge in [-0.05, 0) is 83.3 Å². The van der Waals surface area contributed by atoms with Gasteiger partial charge in [-0.15, -0.1) is 0 Å². The van der Waals surface area contributed by atoms with E-state index in [2.05, 4.69) is 33.2 Å². The number of aliphatic imine (C=N–C) groups is 1. The first-order valence-electron chi connectivity index (χ1n) is 26.5. The zero-order valence-corrected chi connectivity index (χ0v) is 45.6. The maximum Gasteiger partial charge on any atom is 0.407 e. The van der Waals surface area contributed by atoms with E-state index in [9.17, 15) is 38.7 Å². The Morgan fingerprint density at radius 1 is 0.784 bits per heavy atom. The van der Waals surface area contributed by atoms with Crippen LogP contribution in [0.15, 0.2) is 65.7 Å². The SMILES string of the molecule is CCCCCC[C@@H](OC[C@@H](C)NC(=O)OC(C)(C)C)[C@@H](C)C(=O)N(C)[C@@H](CC(C)C)C(=O)N[C@H](C(=O)/N=C(/CNC(=O)OCc1ccccc1)C(=O)NC[C@H](C(=O)O)[C@H](C)OCc1ccccc1)C1CCCCC1. The second-order valence-electron chi connectivity index (χ2n) is 21.0. The standard InChI is InChI=1S/C56H86N6O12/c1-11-12-13-23-30-47(72-34-38(4)59-55(70)74-56(7,8)9)39(5)52(66)62(10)46(31-37(2)3)50(64)61-48(43-28-21-16-22-29-43)51(65)60-45(33-58-54(69)73-36-42-26-19-15-20-27-42)49(63)57-32-44(53(67)68)40(6)71-35-41-24-17-14-18-25-41/h14-15,17-20,24-27,37-40,43-44,46-48H,11-13,16,21-23,28-36H2,1-10H3,(H,57,63)(H,58,69)(H,59,70)(H,61,64)(H,67,68)/b60-45-/t38-,39-,40+,44+,46+,47-,48+/m1/s1. The molecule has 7 atom stereocenters. The monoisotopic (exact) mass is 1030 g/mol. The summed E-state index contributed by atoms with van der Waals surface area (Å²) < 4.78 is 23.0. The molecule has 0 unspecified atom stereocenters. The summed E-state index contributed by atoms with van der Waals surface area (Å²) in [5.41, 5.74) is 0.423. The van der Waals surface area contributed by atoms with Crippen molar-refractivity contribution in [1.82, 2.24) is 26.2 Å². The van der Waals surface area contributed by atoms with Crippen molar-refractivity contribution in [2.75, 3.05) is 26.7 Å². The molecule has 18 heteroatoms. The number of nitrogens with zero attached hydrogens (tertiary/aromatic N) is 2. The summed E-state index contributed by atoms with van der Waals surface area (Å²) in [6, 6.07) is 15.5. The Kier molecular flexibility index (Phi) is 27.4. The molecule has 0 bridgehead atoms. The number of rotatable bonds is 30. The largest absolute Gasteiger partial charge is 0.481 e. The van der Waals surface area contributed by atoms with E-state index in [1.54, 1.807) is 72.9 Å². The maximum absolute atomic E-state index is 14.7. The normalized spacial score (nSPS) is 16.1. The number of likely N-dealkylation sites (N-methyl/N-ethyl adjacent to an activating group) is 1. The van der Waals surface area contributed by atoms with Gasteiger partial charge in [-0.3, -0.25) is 24.0 Å². The molecule has 0 radical (unpaired) electrons. The highest BCUT2D eigenvalue weighted by Gasteiger charge is 2.38. The van der Waals surface area contributed by atoms with Crippen LogP contribution in [0.25, 0.3) is 0 Å². The van der Waals surface area contributed by atoms with Crippen molar-refractivity contribution in [2.45, 2.75) is 182 Å². The molecule has 1 aliphatic rings. The van der Waals surface area contributed by atoms with Gasteiger partial charge in [0, 0.05) is 13.6 Å². The van der Waals surface area contributed by atoms with Crippen molar-refractivity contribution in [3.63, 3.8) is 0 Å². The van der Waals surface area contributed by atoms with Gasteiger partial charge in [-0.1, -0.05) is 133 Å². The number of aliphatic carboxylic acids is 1. The van der Waals surface area contributed by atoms with Crippen molar-refractivity contribution in [3.8, 4) is 0 Å². The number of alkyl carbamates (subject to hydrolysis) is 2. The quantitative estimate of drug-likeness (QED) is 0.0368. The number of hydrogen-bond donors (Lipinski definition) is 5. The summed E-state index contributed by atoms with van der Waals surface area (Å²) in [6.07, 6.45) is 5.43. The van der Waals surface area contributed by atoms with Crippen LogP contribution in [0.5, 0.6) is 0 Å². The molecular formula is C56H86N6O12. The third kappa shape index (κ3) is 23.1. The lowest BCUT2D eigenvalue weighted by atomic mass is 9.83. The minimum Gasteiger partial charge on any atom is -0.481 e. The fraction of sp³-hybridized carbons (Fsp3) is 0.643. The first kappa shape index (κ1) is 62.4. The lowest BCUT2D eigenvalue weighted by Crippen LogP contribution is -2.56. The lowest BCUT2D eigenvalue weighted by molar-refractivity contribution is -0.147. The van der Waals surface area contributed by atoms with E-state index in [1.807, 2.05) is 50.2 Å². The first-order valence-corrected chi connectivity index (χ1v) is 26.5. The van der Waals surface area contributed by atoms with Crippen LogP contribution in [0.4, 0.5) is 9.59 Å². The number of benzene rings is 2. The number of hydrogen-bond acceptors (Lipinski definition) is 11. The Balaban J connectivity index is 1.91. The van der Waals surface area contributed by atoms with Gasteiger partial charge in [0.15, 0.2) is 0 Å². The van der Waals surface area contributed by atoms with Crippen LogP contribution in [0.1, 0.15) is 144 Å². The third-order valence-electron chi connectivity index (χ3n) is 13.0. The molecule has 3 rings (SSSR count). The molecule has 1 fully saturated rings. The van der Waals surface area contributed by atoms with E-state index in [4.69, 9.17) is 18.9 Å². The molecule has 0 saturated heterocycles. The van der Waals surface area contributed by atoms with Gasteiger partial charge in [0.25, 0.3) is 11.8 Å². The number of carboxylic acid groups (broad SMARTS) is 1. The van der Waals surface area contributed by atoms with Gasteiger partial charge in [-0.25, -0.2) is 14.6 Å². The second kappa shape index (κ2) is 32.4. The Morgan fingerprint density at radius 3 is 1.99 bits per heavy atom. The first-order chi connectivity index (χ1) is 35.1. The smallest absolute Gasteiger partial charge is 0.407 e. The summed E-state index contributed by atoms with van der Waals surface area (Å²) in [4.78, 5) is 101. The molecule has 6 amide bonds. The highest BCUT2D eigenvalue weighted by atomic mass is 16.6. The van der Waals surface area contributed by atoms with Crippen molar-refractivity contribution < 1.29 is 57.6 Å². The summed E-state index contributed by atoms with van der Waals surface area (Å²) in [7, 11) is 1.57. The molecule has 18 nitrogen and oxygen atoms in total. The molecule has 412 valence electrons. The minimum atomic E-state index is -1.23. The highest BCUT2D eigenvalue weighted by Crippen LogP contribution is 2.28. The van der Waals surface area contributed by atoms with Crippen LogP contribution < -0.4 is 21.3 Å². The zero-order chi connectivity index (χ0) is 54.8. The van der Waals surface area contributed by atoms with E-state index >= 15 is 0 Å². The minimum absolute atomic E-state index is 0.0527. The highest BCUT2D eigenvalue weighted by molar-refractivity contribution is 6.41. The number of unbranched alkanes of at least 4 members (excludes halogenated alkanes) is 3. The summed E-state index contributed by atoms with van der Waals surface area (Å²) in [6.45, 7) is 15.7. The van der Waals surface area contributed by atoms with Gasteiger partial charge in [0.2, 0.25) is 11.8 Å². The fourth-order valence-corrected chi connectivity index (χ4v) is 8.67. The van der Waals surface area contributed by atoms with Gasteiger partial charge in [0.05, 0.1) is 49.8 Å². The number of carbonyl (C=O) groups excluding carboxylic acids is 6. The summed E-state index contributed by atoms with van der Waals surface area (Å²) in [5, 5.41) is 21.0. The predicted octanol–water partition coefficient (Wildman–Crippen LogP) is 8.15. The van der Waals surface area contributed by atoms with Gasteiger partial charge >= 0.3 is 18.2 Å². The Hall–Kier alpha value is -5.88. The van der Waals surface area contributed by atoms with Gasteiger partial charge in [0.1, 0.15) is 30.0 Å². The average molecular weight is 1040 g/mol. The Labute approximate surface area is 439 Å². The van der Waals surface area contributed by atoms with Gasteiger partial charge in [-0.2, -0.15) is 0 Å². The van der Waals surface area contributed by atoms with E-state index < -0.39 is 102 Å². The van der Waals surface area contributed by atoms with Crippen molar-refractivity contribution >= 4 is 47.5 Å². The predicted molar refractivity (Wildman–Crippen MR) is 283 cm³/mol. The number of carboxylic acids is 1. The van der Waals surface area contributed by atoms with Crippen LogP contribution in [0, 0.1) is 23.7 Å². The fourth-order valence-electron chi connectivity index (χ4n) is 8.67. The van der Waals surface area contributed by atoms with Crippen LogP contribution >= 0.6 is 0 Å². The number of carbonyl (C=O) groups is 7. The molecule has 74 heavy (non-hydrogen) atoms. The zero-order valence-electron chi connectivity index (χ0n) is 45.6. The summed E-state index contributed by atoms with van der Waals surface area (Å²) >= 11 is 0. The van der Waals surface area contributed by atoms with Crippen molar-refractivity contribution in [2.24, 2.45) is 28.7 Å². The molecule has 0 spiro atoms. The van der Waals surface area contributed by atoms with Crippen LogP contribution in [0.2, 0.25) is 0 Å². The van der Waals surface area contributed by atoms with Crippen LogP contribution in [-0.4, -0.2) is 120 Å². The van der Waals surface area contributed by atoms with E-state index in [-0.39, 0.29) is 44.0 Å². The van der Waals surface area contributed by atoms with Crippen molar-refractivity contribution in [1.29, 1.82) is 0 Å². The van der Waals surface area contributed by atoms with Crippen LogP contribution in [-0.2, 0) is 56.1 Å². The second-order valence-corrected chi connectivity index (χ2v) is 21.0. The molecule has 0 aromatic heterocycles. The Bertz CT molecular complexity index is 2090. The Morgan fingerprint density at radius 2 is 1.41 bits per heavy atom. The average Bonchev–Trinajstić information content (AvgIpc) is 3.36. The molecular weight excluding hydrogens is 949 g/mol. The number of amides is 6. The lowest BCUT2D eigenvalue weighted by Gasteiger charge is -2.35. The molecule has 2 aromatic rings. The topological polar surface area (TPSA) is 240 Å². The number of nitrogens with one attached hydrogen (secondary N) is 4. The van der Waals surface area contributed by atoms with E-state index in [0.717, 1.165) is 50.5 Å². The van der Waals surface area contributed by atoms with Crippen molar-refractivity contribution in [3.05, 3.63) is 71.8 Å². The van der Waals surface area contributed by atoms with Crippen LogP contribution in [0.3, 0.4) is 0 Å². The maximum atomic E-state index is 14.7. The molecule has 5 N–H and O–H groups in total. The third-order valence-corrected chi connectivity index (χ3v) is 13.0. The number of ether oxygens (including phenoxy) is 4. The van der Waals surface area contributed by atoms with E-state index in [0.29, 0.717) is 24.8 Å². The van der Waals surface area contributed by atoms with Gasteiger partial charge < -0.3 is 50.2 Å². The molecule has 2 aromatic carbocycles.